The third kappa shape index (κ3) is 6.53. The van der Waals surface area contributed by atoms with E-state index in [-0.39, 0.29) is 19.0 Å². The topological polar surface area (TPSA) is 41.9 Å². The third-order valence-corrected chi connectivity index (χ3v) is 4.06. The Morgan fingerprint density at radius 2 is 1.86 bits per heavy atom. The van der Waals surface area contributed by atoms with Crippen molar-refractivity contribution < 1.29 is 14.6 Å². The maximum atomic E-state index is 9.21. The fourth-order valence-electron chi connectivity index (χ4n) is 2.57. The van der Waals surface area contributed by atoms with Gasteiger partial charge in [0.25, 0.3) is 0 Å². The van der Waals surface area contributed by atoms with Crippen molar-refractivity contribution in [3.63, 3.8) is 0 Å². The van der Waals surface area contributed by atoms with E-state index in [0.717, 1.165) is 30.4 Å². The monoisotopic (exact) mass is 329 g/mol. The van der Waals surface area contributed by atoms with Crippen LogP contribution in [0, 0.1) is 5.92 Å². The molecular formula is C17H28ClNO3. The molecular weight excluding hydrogens is 302 g/mol. The second kappa shape index (κ2) is 10.8. The van der Waals surface area contributed by atoms with E-state index in [4.69, 9.17) is 9.47 Å². The zero-order valence-corrected chi connectivity index (χ0v) is 14.2. The molecule has 0 saturated carbocycles. The zero-order chi connectivity index (χ0) is 14.9. The molecule has 1 heterocycles. The van der Waals surface area contributed by atoms with E-state index in [1.54, 1.807) is 0 Å². The predicted molar refractivity (Wildman–Crippen MR) is 90.8 cm³/mol. The number of likely N-dealkylation sites (tertiary alicyclic amines) is 1. The van der Waals surface area contributed by atoms with Gasteiger partial charge in [-0.3, -0.25) is 0 Å². The number of benzene rings is 1. The Morgan fingerprint density at radius 3 is 2.59 bits per heavy atom. The number of hydrogen-bond acceptors (Lipinski definition) is 4. The van der Waals surface area contributed by atoms with Gasteiger partial charge in [-0.15, -0.1) is 12.4 Å². The summed E-state index contributed by atoms with van der Waals surface area (Å²) in [5.41, 5.74) is 0.819. The number of halogens is 1. The van der Waals surface area contributed by atoms with Crippen molar-refractivity contribution in [2.24, 2.45) is 5.92 Å². The van der Waals surface area contributed by atoms with Crippen molar-refractivity contribution in [1.29, 1.82) is 0 Å². The van der Waals surface area contributed by atoms with Gasteiger partial charge in [-0.1, -0.05) is 25.1 Å². The van der Waals surface area contributed by atoms with Gasteiger partial charge in [-0.2, -0.15) is 0 Å². The molecule has 126 valence electrons. The SMILES string of the molecule is CC1CCN(CCOCCOc2ccccc2CO)CC1.Cl. The van der Waals surface area contributed by atoms with Crippen LogP contribution in [-0.4, -0.2) is 49.5 Å². The van der Waals surface area contributed by atoms with E-state index in [2.05, 4.69) is 11.8 Å². The molecule has 1 aliphatic heterocycles. The van der Waals surface area contributed by atoms with Crippen molar-refractivity contribution >= 4 is 12.4 Å². The fourth-order valence-corrected chi connectivity index (χ4v) is 2.57. The normalized spacial score (nSPS) is 16.3. The summed E-state index contributed by atoms with van der Waals surface area (Å²) in [6.07, 6.45) is 2.61. The minimum atomic E-state index is 0. The van der Waals surface area contributed by atoms with Crippen LogP contribution in [-0.2, 0) is 11.3 Å². The van der Waals surface area contributed by atoms with Crippen LogP contribution in [0.2, 0.25) is 0 Å². The van der Waals surface area contributed by atoms with Gasteiger partial charge in [0.1, 0.15) is 12.4 Å². The maximum Gasteiger partial charge on any atom is 0.124 e. The average Bonchev–Trinajstić information content (AvgIpc) is 2.53. The van der Waals surface area contributed by atoms with E-state index < -0.39 is 0 Å². The van der Waals surface area contributed by atoms with Gasteiger partial charge >= 0.3 is 0 Å². The lowest BCUT2D eigenvalue weighted by molar-refractivity contribution is 0.0704. The Balaban J connectivity index is 0.00000242. The summed E-state index contributed by atoms with van der Waals surface area (Å²) in [5.74, 6) is 1.62. The van der Waals surface area contributed by atoms with E-state index >= 15 is 0 Å². The fraction of sp³-hybridized carbons (Fsp3) is 0.647. The van der Waals surface area contributed by atoms with Crippen molar-refractivity contribution in [3.05, 3.63) is 29.8 Å². The smallest absolute Gasteiger partial charge is 0.124 e. The van der Waals surface area contributed by atoms with Crippen LogP contribution < -0.4 is 4.74 Å². The van der Waals surface area contributed by atoms with Gasteiger partial charge in [-0.05, 0) is 37.9 Å². The largest absolute Gasteiger partial charge is 0.491 e. The molecule has 1 aromatic rings. The molecule has 22 heavy (non-hydrogen) atoms. The third-order valence-electron chi connectivity index (χ3n) is 4.06. The van der Waals surface area contributed by atoms with Crippen molar-refractivity contribution in [1.82, 2.24) is 4.90 Å². The number of hydrogen-bond donors (Lipinski definition) is 1. The van der Waals surface area contributed by atoms with Crippen LogP contribution in [0.25, 0.3) is 0 Å². The second-order valence-corrected chi connectivity index (χ2v) is 5.75. The van der Waals surface area contributed by atoms with Gasteiger partial charge in [0.2, 0.25) is 0 Å². The van der Waals surface area contributed by atoms with Crippen LogP contribution in [0.5, 0.6) is 5.75 Å². The standard InChI is InChI=1S/C17H27NO3.ClH/c1-15-6-8-18(9-7-15)10-11-20-12-13-21-17-5-3-2-4-16(17)14-19;/h2-5,15,19H,6-14H2,1H3;1H. The number of aliphatic hydroxyl groups excluding tert-OH is 1. The molecule has 0 radical (unpaired) electrons. The van der Waals surface area contributed by atoms with Crippen molar-refractivity contribution in [3.8, 4) is 5.75 Å². The first kappa shape index (κ1) is 19.2. The average molecular weight is 330 g/mol. The predicted octanol–water partition coefficient (Wildman–Crippen LogP) is 2.73. The Bertz CT molecular complexity index is 409. The summed E-state index contributed by atoms with van der Waals surface area (Å²) in [4.78, 5) is 2.47. The molecule has 0 bridgehead atoms. The molecule has 0 amide bonds. The van der Waals surface area contributed by atoms with Gasteiger partial charge in [0.05, 0.1) is 19.8 Å². The van der Waals surface area contributed by atoms with Crippen molar-refractivity contribution in [2.75, 3.05) is 39.5 Å². The molecule has 0 atom stereocenters. The Hall–Kier alpha value is -0.810. The highest BCUT2D eigenvalue weighted by molar-refractivity contribution is 5.85. The summed E-state index contributed by atoms with van der Waals surface area (Å²) in [5, 5.41) is 9.21. The molecule has 4 nitrogen and oxygen atoms in total. The Labute approximate surface area is 139 Å². The summed E-state index contributed by atoms with van der Waals surface area (Å²) in [6, 6.07) is 7.55. The van der Waals surface area contributed by atoms with Crippen LogP contribution in [0.4, 0.5) is 0 Å². The molecule has 1 aliphatic rings. The van der Waals surface area contributed by atoms with E-state index in [9.17, 15) is 5.11 Å². The number of piperidine rings is 1. The molecule has 2 rings (SSSR count). The van der Waals surface area contributed by atoms with E-state index in [1.807, 2.05) is 24.3 Å². The summed E-state index contributed by atoms with van der Waals surface area (Å²) in [7, 11) is 0. The number of ether oxygens (including phenoxy) is 2. The minimum Gasteiger partial charge on any atom is -0.491 e. The highest BCUT2D eigenvalue weighted by Crippen LogP contribution is 2.17. The minimum absolute atomic E-state index is 0. The number of aliphatic hydroxyl groups is 1. The van der Waals surface area contributed by atoms with Gasteiger partial charge in [0.15, 0.2) is 0 Å². The highest BCUT2D eigenvalue weighted by Gasteiger charge is 2.14. The Morgan fingerprint density at radius 1 is 1.14 bits per heavy atom. The molecule has 1 N–H and O–H groups in total. The molecule has 0 aromatic heterocycles. The van der Waals surface area contributed by atoms with Crippen LogP contribution >= 0.6 is 12.4 Å². The summed E-state index contributed by atoms with van der Waals surface area (Å²) >= 11 is 0. The van der Waals surface area contributed by atoms with Crippen LogP contribution in [0.1, 0.15) is 25.3 Å². The molecule has 0 spiro atoms. The first-order chi connectivity index (χ1) is 10.3. The lowest BCUT2D eigenvalue weighted by atomic mass is 9.99. The number of rotatable bonds is 8. The lowest BCUT2D eigenvalue weighted by Crippen LogP contribution is -2.35. The molecule has 1 saturated heterocycles. The van der Waals surface area contributed by atoms with E-state index in [1.165, 1.54) is 25.9 Å². The zero-order valence-electron chi connectivity index (χ0n) is 13.4. The number of para-hydroxylation sites is 1. The second-order valence-electron chi connectivity index (χ2n) is 5.75. The molecule has 1 fully saturated rings. The van der Waals surface area contributed by atoms with Gasteiger partial charge in [0, 0.05) is 12.1 Å². The summed E-state index contributed by atoms with van der Waals surface area (Å²) < 4.78 is 11.3. The molecule has 0 aliphatic carbocycles. The first-order valence-electron chi connectivity index (χ1n) is 7.91. The number of nitrogens with zero attached hydrogens (tertiary/aromatic N) is 1. The molecule has 0 unspecified atom stereocenters. The van der Waals surface area contributed by atoms with Gasteiger partial charge in [-0.25, -0.2) is 0 Å². The van der Waals surface area contributed by atoms with Crippen molar-refractivity contribution in [2.45, 2.75) is 26.4 Å². The van der Waals surface area contributed by atoms with Crippen LogP contribution in [0.3, 0.4) is 0 Å². The summed E-state index contributed by atoms with van der Waals surface area (Å²) in [6.45, 7) is 7.62. The Kier molecular flexibility index (Phi) is 9.48. The first-order valence-corrected chi connectivity index (χ1v) is 7.91. The van der Waals surface area contributed by atoms with Crippen LogP contribution in [0.15, 0.2) is 24.3 Å². The molecule has 5 heteroatoms. The van der Waals surface area contributed by atoms with Gasteiger partial charge < -0.3 is 19.5 Å². The molecule has 1 aromatic carbocycles. The quantitative estimate of drug-likeness (QED) is 0.745. The lowest BCUT2D eigenvalue weighted by Gasteiger charge is -2.29. The van der Waals surface area contributed by atoms with E-state index in [0.29, 0.717) is 13.2 Å². The maximum absolute atomic E-state index is 9.21. The highest BCUT2D eigenvalue weighted by atomic mass is 35.5.